The number of nitrogens with one attached hydrogen (secondary N) is 1. The molecule has 132 valence electrons. The smallest absolute Gasteiger partial charge is 0.0705 e. The summed E-state index contributed by atoms with van der Waals surface area (Å²) in [4.78, 5) is 0. The van der Waals surface area contributed by atoms with Gasteiger partial charge in [-0.05, 0) is 19.4 Å². The van der Waals surface area contributed by atoms with Crippen LogP contribution in [0.1, 0.15) is 110 Å². The van der Waals surface area contributed by atoms with Crippen LogP contribution in [0.5, 0.6) is 0 Å². The third-order valence-electron chi connectivity index (χ3n) is 5.18. The number of aliphatic hydroxyl groups is 1. The predicted octanol–water partition coefficient (Wildman–Crippen LogP) is 5.58. The van der Waals surface area contributed by atoms with Gasteiger partial charge in [0.05, 0.1) is 6.10 Å². The Kier molecular flexibility index (Phi) is 13.2. The van der Waals surface area contributed by atoms with Crippen LogP contribution in [0.4, 0.5) is 0 Å². The molecule has 0 aromatic carbocycles. The Morgan fingerprint density at radius 3 is 1.59 bits per heavy atom. The molecule has 2 atom stereocenters. The first-order valence-corrected chi connectivity index (χ1v) is 10.3. The van der Waals surface area contributed by atoms with Gasteiger partial charge in [-0.1, -0.05) is 96.8 Å². The number of rotatable bonds is 15. The molecule has 0 radical (unpaired) electrons. The molecule has 2 heteroatoms. The third kappa shape index (κ3) is 10.6. The van der Waals surface area contributed by atoms with Gasteiger partial charge in [-0.3, -0.25) is 0 Å². The zero-order valence-electron chi connectivity index (χ0n) is 15.1. The van der Waals surface area contributed by atoms with E-state index >= 15 is 0 Å². The van der Waals surface area contributed by atoms with Crippen LogP contribution in [0.2, 0.25) is 0 Å². The van der Waals surface area contributed by atoms with Gasteiger partial charge in [0.1, 0.15) is 0 Å². The summed E-state index contributed by atoms with van der Waals surface area (Å²) in [6.07, 6.45) is 21.9. The van der Waals surface area contributed by atoms with Crippen LogP contribution in [0, 0.1) is 0 Å². The van der Waals surface area contributed by atoms with E-state index in [1.165, 1.54) is 96.3 Å². The maximum absolute atomic E-state index is 9.73. The molecular weight excluding hydrogens is 270 g/mol. The van der Waals surface area contributed by atoms with Gasteiger partial charge in [0, 0.05) is 6.04 Å². The van der Waals surface area contributed by atoms with E-state index in [1.807, 2.05) is 0 Å². The van der Waals surface area contributed by atoms with E-state index in [4.69, 9.17) is 0 Å². The fourth-order valence-electron chi connectivity index (χ4n) is 3.61. The molecule has 0 aromatic rings. The Hall–Kier alpha value is -0.0800. The van der Waals surface area contributed by atoms with Gasteiger partial charge in [-0.2, -0.15) is 0 Å². The van der Waals surface area contributed by atoms with E-state index in [-0.39, 0.29) is 6.10 Å². The van der Waals surface area contributed by atoms with Crippen molar-refractivity contribution in [3.05, 3.63) is 0 Å². The quantitative estimate of drug-likeness (QED) is 0.387. The van der Waals surface area contributed by atoms with Crippen LogP contribution in [0.3, 0.4) is 0 Å². The first-order chi connectivity index (χ1) is 10.8. The molecule has 1 heterocycles. The molecular formula is C20H41NO. The molecule has 0 saturated carbocycles. The molecule has 2 N–H and O–H groups in total. The first-order valence-electron chi connectivity index (χ1n) is 10.3. The Balaban J connectivity index is 1.69. The summed E-state index contributed by atoms with van der Waals surface area (Å²) >= 11 is 0. The van der Waals surface area contributed by atoms with Crippen molar-refractivity contribution in [3.63, 3.8) is 0 Å². The van der Waals surface area contributed by atoms with Crippen molar-refractivity contribution in [3.8, 4) is 0 Å². The highest BCUT2D eigenvalue weighted by molar-refractivity contribution is 4.82. The zero-order chi connectivity index (χ0) is 15.9. The van der Waals surface area contributed by atoms with E-state index in [0.29, 0.717) is 6.04 Å². The lowest BCUT2D eigenvalue weighted by atomic mass is 10.0. The van der Waals surface area contributed by atoms with Gasteiger partial charge in [0.15, 0.2) is 0 Å². The molecule has 1 rings (SSSR count). The van der Waals surface area contributed by atoms with Crippen molar-refractivity contribution in [1.82, 2.24) is 5.32 Å². The maximum atomic E-state index is 9.73. The van der Waals surface area contributed by atoms with Gasteiger partial charge in [0.25, 0.3) is 0 Å². The highest BCUT2D eigenvalue weighted by Crippen LogP contribution is 2.16. The molecule has 2 unspecified atom stereocenters. The van der Waals surface area contributed by atoms with Gasteiger partial charge in [-0.15, -0.1) is 0 Å². The fourth-order valence-corrected chi connectivity index (χ4v) is 3.61. The standard InChI is InChI=1S/C20H41NO/c1-2-3-4-5-6-7-8-9-10-11-12-13-14-15-16-19-20(22)17-18-21-19/h19-22H,2-18H2,1H3. The highest BCUT2D eigenvalue weighted by Gasteiger charge is 2.23. The topological polar surface area (TPSA) is 32.3 Å². The van der Waals surface area contributed by atoms with Gasteiger partial charge in [-0.25, -0.2) is 0 Å². The summed E-state index contributed by atoms with van der Waals surface area (Å²) in [7, 11) is 0. The number of aliphatic hydroxyl groups excluding tert-OH is 1. The average molecular weight is 312 g/mol. The Bertz CT molecular complexity index is 232. The lowest BCUT2D eigenvalue weighted by molar-refractivity contribution is 0.154. The molecule has 0 bridgehead atoms. The Labute approximate surface area is 139 Å². The maximum Gasteiger partial charge on any atom is 0.0705 e. The molecule has 0 aromatic heterocycles. The minimum atomic E-state index is -0.0815. The average Bonchev–Trinajstić information content (AvgIpc) is 2.93. The Morgan fingerprint density at radius 2 is 1.18 bits per heavy atom. The monoisotopic (exact) mass is 311 g/mol. The van der Waals surface area contributed by atoms with Crippen LogP contribution in [-0.4, -0.2) is 23.8 Å². The lowest BCUT2D eigenvalue weighted by Gasteiger charge is -2.14. The summed E-state index contributed by atoms with van der Waals surface area (Å²) < 4.78 is 0. The lowest BCUT2D eigenvalue weighted by Crippen LogP contribution is -2.29. The van der Waals surface area contributed by atoms with Crippen LogP contribution in [-0.2, 0) is 0 Å². The summed E-state index contributed by atoms with van der Waals surface area (Å²) in [5, 5.41) is 13.1. The highest BCUT2D eigenvalue weighted by atomic mass is 16.3. The van der Waals surface area contributed by atoms with Crippen molar-refractivity contribution in [1.29, 1.82) is 0 Å². The van der Waals surface area contributed by atoms with Crippen molar-refractivity contribution in [2.45, 2.75) is 122 Å². The van der Waals surface area contributed by atoms with E-state index in [2.05, 4.69) is 12.2 Å². The normalized spacial score (nSPS) is 21.5. The van der Waals surface area contributed by atoms with Crippen LogP contribution < -0.4 is 5.32 Å². The van der Waals surface area contributed by atoms with Crippen molar-refractivity contribution < 1.29 is 5.11 Å². The van der Waals surface area contributed by atoms with Crippen LogP contribution >= 0.6 is 0 Å². The van der Waals surface area contributed by atoms with Crippen molar-refractivity contribution >= 4 is 0 Å². The molecule has 1 aliphatic rings. The van der Waals surface area contributed by atoms with Gasteiger partial charge < -0.3 is 10.4 Å². The molecule has 0 amide bonds. The van der Waals surface area contributed by atoms with Crippen LogP contribution in [0.15, 0.2) is 0 Å². The second-order valence-corrected chi connectivity index (χ2v) is 7.30. The Morgan fingerprint density at radius 1 is 0.727 bits per heavy atom. The van der Waals surface area contributed by atoms with Crippen molar-refractivity contribution in [2.75, 3.05) is 6.54 Å². The molecule has 22 heavy (non-hydrogen) atoms. The predicted molar refractivity (Wildman–Crippen MR) is 97.3 cm³/mol. The summed E-state index contributed by atoms with van der Waals surface area (Å²) in [5.41, 5.74) is 0. The molecule has 0 aliphatic carbocycles. The number of hydrogen-bond donors (Lipinski definition) is 2. The molecule has 0 spiro atoms. The van der Waals surface area contributed by atoms with Crippen LogP contribution in [0.25, 0.3) is 0 Å². The first kappa shape index (κ1) is 20.0. The number of unbranched alkanes of at least 4 members (excludes halogenated alkanes) is 13. The van der Waals surface area contributed by atoms with E-state index in [1.54, 1.807) is 0 Å². The summed E-state index contributed by atoms with van der Waals surface area (Å²) in [6.45, 7) is 3.29. The van der Waals surface area contributed by atoms with E-state index in [0.717, 1.165) is 13.0 Å². The molecule has 1 aliphatic heterocycles. The second kappa shape index (κ2) is 14.5. The summed E-state index contributed by atoms with van der Waals surface area (Å²) in [6, 6.07) is 0.386. The van der Waals surface area contributed by atoms with E-state index < -0.39 is 0 Å². The second-order valence-electron chi connectivity index (χ2n) is 7.30. The van der Waals surface area contributed by atoms with Gasteiger partial charge >= 0.3 is 0 Å². The van der Waals surface area contributed by atoms with Crippen molar-refractivity contribution in [2.24, 2.45) is 0 Å². The molecule has 2 nitrogen and oxygen atoms in total. The molecule has 1 fully saturated rings. The third-order valence-corrected chi connectivity index (χ3v) is 5.18. The summed E-state index contributed by atoms with van der Waals surface area (Å²) in [5.74, 6) is 0. The minimum Gasteiger partial charge on any atom is -0.391 e. The fraction of sp³-hybridized carbons (Fsp3) is 1.00. The minimum absolute atomic E-state index is 0.0815. The van der Waals surface area contributed by atoms with Gasteiger partial charge in [0.2, 0.25) is 0 Å². The van der Waals surface area contributed by atoms with E-state index in [9.17, 15) is 5.11 Å². The largest absolute Gasteiger partial charge is 0.391 e. The zero-order valence-corrected chi connectivity index (χ0v) is 15.1. The molecule has 1 saturated heterocycles. The SMILES string of the molecule is CCCCCCCCCCCCCCCCC1NCCC1O. The number of hydrogen-bond acceptors (Lipinski definition) is 2.